The molecule has 0 aliphatic heterocycles. The van der Waals surface area contributed by atoms with Crippen LogP contribution in [0, 0.1) is 0 Å². The van der Waals surface area contributed by atoms with Crippen molar-refractivity contribution in [1.82, 2.24) is 0 Å². The van der Waals surface area contributed by atoms with Crippen molar-refractivity contribution in [3.8, 4) is 17.2 Å². The molecule has 3 aromatic rings. The molecule has 0 unspecified atom stereocenters. The first-order chi connectivity index (χ1) is 13.6. The van der Waals surface area contributed by atoms with Gasteiger partial charge in [0.05, 0.1) is 22.7 Å². The van der Waals surface area contributed by atoms with Gasteiger partial charge in [0.25, 0.3) is 0 Å². The molecule has 3 aromatic carbocycles. The second-order valence-electron chi connectivity index (χ2n) is 6.09. The molecule has 4 nitrogen and oxygen atoms in total. The molecule has 0 radical (unpaired) electrons. The summed E-state index contributed by atoms with van der Waals surface area (Å²) in [5, 5.41) is 9.28. The van der Waals surface area contributed by atoms with Gasteiger partial charge in [-0.2, -0.15) is 0 Å². The van der Waals surface area contributed by atoms with Crippen molar-refractivity contribution in [2.24, 2.45) is 0 Å². The van der Waals surface area contributed by atoms with Crippen LogP contribution in [-0.2, 0) is 19.8 Å². The van der Waals surface area contributed by atoms with E-state index in [1.54, 1.807) is 7.11 Å². The third-order valence-electron chi connectivity index (χ3n) is 4.09. The first-order valence-electron chi connectivity index (χ1n) is 8.66. The highest BCUT2D eigenvalue weighted by Gasteiger charge is 2.11. The molecule has 0 bridgehead atoms. The van der Waals surface area contributed by atoms with Crippen molar-refractivity contribution < 1.29 is 19.3 Å². The Kier molecular flexibility index (Phi) is 7.36. The Balaban J connectivity index is 1.68. The van der Waals surface area contributed by atoms with Crippen molar-refractivity contribution in [1.29, 1.82) is 0 Å². The molecular weight excluding hydrogens is 488 g/mol. The third kappa shape index (κ3) is 5.28. The SMILES string of the molecule is COc1cc(COc2c(Br)cc(CO)cc2Br)ccc1OCc1ccccc1. The van der Waals surface area contributed by atoms with E-state index in [0.29, 0.717) is 30.5 Å². The molecule has 0 aliphatic carbocycles. The van der Waals surface area contributed by atoms with Gasteiger partial charge < -0.3 is 19.3 Å². The average molecular weight is 508 g/mol. The van der Waals surface area contributed by atoms with Gasteiger partial charge in [-0.15, -0.1) is 0 Å². The molecule has 6 heteroatoms. The molecule has 0 saturated carbocycles. The lowest BCUT2D eigenvalue weighted by molar-refractivity contribution is 0.278. The molecule has 0 heterocycles. The molecule has 0 amide bonds. The number of rotatable bonds is 8. The van der Waals surface area contributed by atoms with E-state index in [4.69, 9.17) is 14.2 Å². The Morgan fingerprint density at radius 3 is 2.07 bits per heavy atom. The van der Waals surface area contributed by atoms with Crippen LogP contribution in [0.25, 0.3) is 0 Å². The highest BCUT2D eigenvalue weighted by atomic mass is 79.9. The maximum atomic E-state index is 9.28. The maximum absolute atomic E-state index is 9.28. The molecule has 28 heavy (non-hydrogen) atoms. The van der Waals surface area contributed by atoms with Gasteiger partial charge in [0.2, 0.25) is 0 Å². The standard InChI is InChI=1S/C22H20Br2O4/c1-26-21-11-16(7-8-20(21)27-13-15-5-3-2-4-6-15)14-28-22-18(23)9-17(12-25)10-19(22)24/h2-11,25H,12-14H2,1H3. The first kappa shape index (κ1) is 20.7. The fourth-order valence-corrected chi connectivity index (χ4v) is 4.16. The van der Waals surface area contributed by atoms with E-state index >= 15 is 0 Å². The summed E-state index contributed by atoms with van der Waals surface area (Å²) in [6.45, 7) is 0.814. The van der Waals surface area contributed by atoms with Crippen LogP contribution < -0.4 is 14.2 Å². The van der Waals surface area contributed by atoms with E-state index in [1.165, 1.54) is 0 Å². The Morgan fingerprint density at radius 1 is 0.750 bits per heavy atom. The summed E-state index contributed by atoms with van der Waals surface area (Å²) >= 11 is 6.97. The maximum Gasteiger partial charge on any atom is 0.161 e. The minimum absolute atomic E-state index is 0.0286. The number of hydrogen-bond donors (Lipinski definition) is 1. The summed E-state index contributed by atoms with van der Waals surface area (Å²) in [5.41, 5.74) is 2.85. The third-order valence-corrected chi connectivity index (χ3v) is 5.27. The molecule has 0 fully saturated rings. The van der Waals surface area contributed by atoms with Crippen LogP contribution >= 0.6 is 31.9 Å². The zero-order chi connectivity index (χ0) is 19.9. The Morgan fingerprint density at radius 2 is 1.43 bits per heavy atom. The van der Waals surface area contributed by atoms with Gasteiger partial charge >= 0.3 is 0 Å². The molecule has 146 valence electrons. The molecule has 0 spiro atoms. The van der Waals surface area contributed by atoms with E-state index in [0.717, 1.165) is 25.6 Å². The smallest absolute Gasteiger partial charge is 0.161 e. The van der Waals surface area contributed by atoms with E-state index in [1.807, 2.05) is 60.7 Å². The topological polar surface area (TPSA) is 47.9 Å². The van der Waals surface area contributed by atoms with E-state index < -0.39 is 0 Å². The Bertz CT molecular complexity index is 906. The number of benzene rings is 3. The van der Waals surface area contributed by atoms with Crippen LogP contribution in [0.1, 0.15) is 16.7 Å². The predicted molar refractivity (Wildman–Crippen MR) is 116 cm³/mol. The van der Waals surface area contributed by atoms with Gasteiger partial charge in [0.1, 0.15) is 19.0 Å². The van der Waals surface area contributed by atoms with Crippen molar-refractivity contribution in [2.75, 3.05) is 7.11 Å². The van der Waals surface area contributed by atoms with Crippen LogP contribution in [0.4, 0.5) is 0 Å². The molecular formula is C22H20Br2O4. The van der Waals surface area contributed by atoms with Crippen molar-refractivity contribution in [3.63, 3.8) is 0 Å². The molecule has 0 aliphatic rings. The van der Waals surface area contributed by atoms with Gasteiger partial charge in [-0.1, -0.05) is 36.4 Å². The number of ether oxygens (including phenoxy) is 3. The summed E-state index contributed by atoms with van der Waals surface area (Å²) in [6.07, 6.45) is 0. The lowest BCUT2D eigenvalue weighted by Crippen LogP contribution is -2.01. The largest absolute Gasteiger partial charge is 0.493 e. The normalized spacial score (nSPS) is 10.6. The molecule has 3 rings (SSSR count). The fraction of sp³-hybridized carbons (Fsp3) is 0.182. The van der Waals surface area contributed by atoms with Crippen molar-refractivity contribution in [3.05, 3.63) is 86.3 Å². The van der Waals surface area contributed by atoms with Crippen LogP contribution in [0.3, 0.4) is 0 Å². The summed E-state index contributed by atoms with van der Waals surface area (Å²) in [5.74, 6) is 2.02. The van der Waals surface area contributed by atoms with Gasteiger partial charge in [-0.25, -0.2) is 0 Å². The summed E-state index contributed by atoms with van der Waals surface area (Å²) in [7, 11) is 1.62. The monoisotopic (exact) mass is 506 g/mol. The van der Waals surface area contributed by atoms with E-state index in [9.17, 15) is 5.11 Å². The average Bonchev–Trinajstić information content (AvgIpc) is 2.72. The number of aliphatic hydroxyl groups excluding tert-OH is 1. The Labute approximate surface area is 181 Å². The minimum Gasteiger partial charge on any atom is -0.493 e. The molecule has 0 aromatic heterocycles. The lowest BCUT2D eigenvalue weighted by Gasteiger charge is -2.14. The first-order valence-corrected chi connectivity index (χ1v) is 10.2. The quantitative estimate of drug-likeness (QED) is 0.414. The van der Waals surface area contributed by atoms with Crippen LogP contribution in [0.5, 0.6) is 17.2 Å². The second-order valence-corrected chi connectivity index (χ2v) is 7.80. The second kappa shape index (κ2) is 9.96. The zero-order valence-electron chi connectivity index (χ0n) is 15.3. The van der Waals surface area contributed by atoms with Crippen LogP contribution in [-0.4, -0.2) is 12.2 Å². The summed E-state index contributed by atoms with van der Waals surface area (Å²) in [6, 6.07) is 19.4. The minimum atomic E-state index is -0.0286. The van der Waals surface area contributed by atoms with Crippen molar-refractivity contribution >= 4 is 31.9 Å². The number of aliphatic hydroxyl groups is 1. The number of methoxy groups -OCH3 is 1. The summed E-state index contributed by atoms with van der Waals surface area (Å²) in [4.78, 5) is 0. The van der Waals surface area contributed by atoms with Gasteiger partial charge in [-0.3, -0.25) is 0 Å². The molecule has 1 N–H and O–H groups in total. The lowest BCUT2D eigenvalue weighted by atomic mass is 10.2. The van der Waals surface area contributed by atoms with E-state index in [2.05, 4.69) is 31.9 Å². The number of halogens is 2. The fourth-order valence-electron chi connectivity index (χ4n) is 2.65. The number of hydrogen-bond acceptors (Lipinski definition) is 4. The predicted octanol–water partition coefficient (Wildman–Crippen LogP) is 5.87. The van der Waals surface area contributed by atoms with Gasteiger partial charge in [0, 0.05) is 0 Å². The van der Waals surface area contributed by atoms with Gasteiger partial charge in [-0.05, 0) is 72.8 Å². The highest BCUT2D eigenvalue weighted by molar-refractivity contribution is 9.11. The zero-order valence-corrected chi connectivity index (χ0v) is 18.5. The molecule has 0 atom stereocenters. The van der Waals surface area contributed by atoms with Crippen LogP contribution in [0.2, 0.25) is 0 Å². The van der Waals surface area contributed by atoms with Gasteiger partial charge in [0.15, 0.2) is 11.5 Å². The summed E-state index contributed by atoms with van der Waals surface area (Å²) < 4.78 is 18.9. The van der Waals surface area contributed by atoms with Crippen LogP contribution in [0.15, 0.2) is 69.6 Å². The van der Waals surface area contributed by atoms with E-state index in [-0.39, 0.29) is 6.61 Å². The van der Waals surface area contributed by atoms with Crippen molar-refractivity contribution in [2.45, 2.75) is 19.8 Å². The Hall–Kier alpha value is -2.02. The molecule has 0 saturated heterocycles. The highest BCUT2D eigenvalue weighted by Crippen LogP contribution is 2.36.